The molecule has 0 unspecified atom stereocenters. The Morgan fingerprint density at radius 2 is 2.00 bits per heavy atom. The lowest BCUT2D eigenvalue weighted by Gasteiger charge is -2.22. The normalized spacial score (nSPS) is 24.7. The van der Waals surface area contributed by atoms with Crippen molar-refractivity contribution in [3.05, 3.63) is 30.3 Å². The molecule has 2 aliphatic heterocycles. The molecule has 1 aromatic rings. The maximum Gasteiger partial charge on any atom is 0.318 e. The van der Waals surface area contributed by atoms with Crippen molar-refractivity contribution in [2.45, 2.75) is 37.8 Å². The smallest absolute Gasteiger partial charge is 0.318 e. The number of hydrogen-bond acceptors (Lipinski definition) is 3. The minimum absolute atomic E-state index is 0.0611. The van der Waals surface area contributed by atoms with Crippen LogP contribution in [0.4, 0.5) is 10.5 Å². The first-order valence-corrected chi connectivity index (χ1v) is 8.37. The fourth-order valence-corrected chi connectivity index (χ4v) is 3.15. The zero-order chi connectivity index (χ0) is 16.1. The van der Waals surface area contributed by atoms with Crippen LogP contribution < -0.4 is 16.0 Å². The molecule has 3 amide bonds. The number of para-hydroxylation sites is 1. The summed E-state index contributed by atoms with van der Waals surface area (Å²) in [5, 5.41) is 9.18. The average Bonchev–Trinajstić information content (AvgIpc) is 2.93. The summed E-state index contributed by atoms with van der Waals surface area (Å²) in [5.74, 6) is -0.0611. The van der Waals surface area contributed by atoms with Crippen molar-refractivity contribution in [3.63, 3.8) is 0 Å². The van der Waals surface area contributed by atoms with Gasteiger partial charge in [0.05, 0.1) is 0 Å². The molecule has 3 rings (SSSR count). The molecule has 2 aliphatic rings. The van der Waals surface area contributed by atoms with Crippen LogP contribution in [-0.4, -0.2) is 48.6 Å². The van der Waals surface area contributed by atoms with E-state index in [0.717, 1.165) is 31.4 Å². The van der Waals surface area contributed by atoms with Crippen LogP contribution in [0, 0.1) is 0 Å². The third-order valence-electron chi connectivity index (χ3n) is 4.45. The maximum atomic E-state index is 12.4. The highest BCUT2D eigenvalue weighted by molar-refractivity contribution is 5.87. The highest BCUT2D eigenvalue weighted by Crippen LogP contribution is 2.16. The van der Waals surface area contributed by atoms with Gasteiger partial charge < -0.3 is 20.9 Å². The van der Waals surface area contributed by atoms with Gasteiger partial charge >= 0.3 is 6.03 Å². The van der Waals surface area contributed by atoms with Crippen molar-refractivity contribution in [2.75, 3.05) is 25.0 Å². The van der Waals surface area contributed by atoms with Crippen LogP contribution in [0.1, 0.15) is 25.7 Å². The van der Waals surface area contributed by atoms with E-state index in [4.69, 9.17) is 0 Å². The van der Waals surface area contributed by atoms with E-state index in [1.807, 2.05) is 30.3 Å². The minimum Gasteiger partial charge on any atom is -0.380 e. The Bertz CT molecular complexity index is 549. The van der Waals surface area contributed by atoms with Gasteiger partial charge in [-0.05, 0) is 37.8 Å². The molecule has 0 bridgehead atoms. The van der Waals surface area contributed by atoms with Crippen molar-refractivity contribution in [1.82, 2.24) is 15.5 Å². The summed E-state index contributed by atoms with van der Waals surface area (Å²) in [7, 11) is 0. The second-order valence-corrected chi connectivity index (χ2v) is 6.23. The van der Waals surface area contributed by atoms with Gasteiger partial charge in [-0.3, -0.25) is 4.79 Å². The molecule has 2 saturated heterocycles. The standard InChI is InChI=1S/C17H24N4O2/c22-16-15(8-4-5-10-18-16)20-17(23)21-11-9-14(12-21)19-13-6-2-1-3-7-13/h1-3,6-7,14-15,19H,4-5,8-12H2,(H,18,22)(H,20,23)/t14-,15+/m0/s1. The summed E-state index contributed by atoms with van der Waals surface area (Å²) < 4.78 is 0. The van der Waals surface area contributed by atoms with Crippen LogP contribution in [0.2, 0.25) is 0 Å². The predicted octanol–water partition coefficient (Wildman–Crippen LogP) is 1.55. The molecule has 2 heterocycles. The SMILES string of the molecule is O=C1NCCCC[C@H]1NC(=O)N1CC[C@H](Nc2ccccc2)C1. The first-order valence-electron chi connectivity index (χ1n) is 8.37. The number of carbonyl (C=O) groups is 2. The molecular weight excluding hydrogens is 292 g/mol. The minimum atomic E-state index is -0.397. The van der Waals surface area contributed by atoms with Crippen molar-refractivity contribution in [1.29, 1.82) is 0 Å². The third-order valence-corrected chi connectivity index (χ3v) is 4.45. The third kappa shape index (κ3) is 4.15. The molecule has 2 atom stereocenters. The average molecular weight is 316 g/mol. The Labute approximate surface area is 136 Å². The zero-order valence-electron chi connectivity index (χ0n) is 13.3. The summed E-state index contributed by atoms with van der Waals surface area (Å²) in [6.45, 7) is 2.08. The Morgan fingerprint density at radius 3 is 2.83 bits per heavy atom. The number of benzene rings is 1. The van der Waals surface area contributed by atoms with Crippen LogP contribution in [-0.2, 0) is 4.79 Å². The van der Waals surface area contributed by atoms with E-state index >= 15 is 0 Å². The number of anilines is 1. The lowest BCUT2D eigenvalue weighted by Crippen LogP contribution is -2.50. The topological polar surface area (TPSA) is 73.5 Å². The van der Waals surface area contributed by atoms with Gasteiger partial charge in [0, 0.05) is 31.4 Å². The molecule has 0 aliphatic carbocycles. The van der Waals surface area contributed by atoms with Gasteiger partial charge in [0.25, 0.3) is 0 Å². The van der Waals surface area contributed by atoms with Gasteiger partial charge in [0.1, 0.15) is 6.04 Å². The van der Waals surface area contributed by atoms with E-state index in [-0.39, 0.29) is 18.0 Å². The molecule has 23 heavy (non-hydrogen) atoms. The summed E-state index contributed by atoms with van der Waals surface area (Å²) in [4.78, 5) is 26.1. The van der Waals surface area contributed by atoms with Crippen molar-refractivity contribution in [3.8, 4) is 0 Å². The van der Waals surface area contributed by atoms with Crippen molar-refractivity contribution in [2.24, 2.45) is 0 Å². The summed E-state index contributed by atoms with van der Waals surface area (Å²) in [6.07, 6.45) is 3.57. The van der Waals surface area contributed by atoms with Gasteiger partial charge in [-0.15, -0.1) is 0 Å². The Morgan fingerprint density at radius 1 is 1.17 bits per heavy atom. The number of hydrogen-bond donors (Lipinski definition) is 3. The van der Waals surface area contributed by atoms with Crippen LogP contribution in [0.15, 0.2) is 30.3 Å². The number of nitrogens with zero attached hydrogens (tertiary/aromatic N) is 1. The van der Waals surface area contributed by atoms with Gasteiger partial charge in [0.15, 0.2) is 0 Å². The zero-order valence-corrected chi connectivity index (χ0v) is 13.3. The summed E-state index contributed by atoms with van der Waals surface area (Å²) in [6, 6.07) is 9.75. The molecule has 0 radical (unpaired) electrons. The molecule has 0 spiro atoms. The van der Waals surface area contributed by atoms with Crippen molar-refractivity contribution >= 4 is 17.6 Å². The first kappa shape index (κ1) is 15.6. The van der Waals surface area contributed by atoms with Gasteiger partial charge in [0.2, 0.25) is 5.91 Å². The van der Waals surface area contributed by atoms with Crippen LogP contribution in [0.3, 0.4) is 0 Å². The number of likely N-dealkylation sites (tertiary alicyclic amines) is 1. The molecule has 6 heteroatoms. The number of urea groups is 1. The first-order chi connectivity index (χ1) is 11.2. The largest absolute Gasteiger partial charge is 0.380 e. The quantitative estimate of drug-likeness (QED) is 0.792. The Kier molecular flexibility index (Phi) is 5.00. The number of carbonyl (C=O) groups excluding carboxylic acids is 2. The van der Waals surface area contributed by atoms with E-state index in [9.17, 15) is 9.59 Å². The summed E-state index contributed by atoms with van der Waals surface area (Å²) >= 11 is 0. The van der Waals surface area contributed by atoms with Crippen LogP contribution in [0.25, 0.3) is 0 Å². The molecule has 0 aromatic heterocycles. The molecule has 3 N–H and O–H groups in total. The summed E-state index contributed by atoms with van der Waals surface area (Å²) in [5.41, 5.74) is 1.07. The van der Waals surface area contributed by atoms with E-state index in [0.29, 0.717) is 19.6 Å². The number of nitrogens with one attached hydrogen (secondary N) is 3. The molecule has 2 fully saturated rings. The lowest BCUT2D eigenvalue weighted by molar-refractivity contribution is -0.122. The molecule has 124 valence electrons. The maximum absolute atomic E-state index is 12.4. The predicted molar refractivity (Wildman–Crippen MR) is 89.2 cm³/mol. The molecule has 6 nitrogen and oxygen atoms in total. The lowest BCUT2D eigenvalue weighted by atomic mass is 10.1. The number of rotatable bonds is 3. The van der Waals surface area contributed by atoms with Gasteiger partial charge in [-0.2, -0.15) is 0 Å². The van der Waals surface area contributed by atoms with E-state index in [2.05, 4.69) is 16.0 Å². The fourth-order valence-electron chi connectivity index (χ4n) is 3.15. The van der Waals surface area contributed by atoms with Gasteiger partial charge in [-0.1, -0.05) is 18.2 Å². The second kappa shape index (κ2) is 7.35. The van der Waals surface area contributed by atoms with Crippen LogP contribution >= 0.6 is 0 Å². The van der Waals surface area contributed by atoms with Crippen LogP contribution in [0.5, 0.6) is 0 Å². The molecular formula is C17H24N4O2. The number of amides is 3. The monoisotopic (exact) mass is 316 g/mol. The Hall–Kier alpha value is -2.24. The van der Waals surface area contributed by atoms with E-state index in [1.165, 1.54) is 0 Å². The highest BCUT2D eigenvalue weighted by atomic mass is 16.2. The van der Waals surface area contributed by atoms with Gasteiger partial charge in [-0.25, -0.2) is 4.79 Å². The van der Waals surface area contributed by atoms with E-state index in [1.54, 1.807) is 4.90 Å². The Balaban J connectivity index is 1.50. The highest BCUT2D eigenvalue weighted by Gasteiger charge is 2.29. The molecule has 0 saturated carbocycles. The molecule has 1 aromatic carbocycles. The van der Waals surface area contributed by atoms with E-state index < -0.39 is 6.04 Å². The second-order valence-electron chi connectivity index (χ2n) is 6.23. The fraction of sp³-hybridized carbons (Fsp3) is 0.529. The van der Waals surface area contributed by atoms with Crippen molar-refractivity contribution < 1.29 is 9.59 Å².